The molecule has 4 heteroatoms. The molecule has 0 amide bonds. The maximum Gasteiger partial charge on any atom is 0.190 e. The molecule has 2 N–H and O–H groups in total. The lowest BCUT2D eigenvalue weighted by Gasteiger charge is -2.02. The van der Waals surface area contributed by atoms with E-state index in [1.54, 1.807) is 0 Å². The third-order valence-electron chi connectivity index (χ3n) is 1.96. The highest BCUT2D eigenvalue weighted by Gasteiger charge is 2.11. The molecule has 2 aromatic rings. The van der Waals surface area contributed by atoms with Crippen LogP contribution in [0.1, 0.15) is 5.56 Å². The van der Waals surface area contributed by atoms with Crippen molar-refractivity contribution in [2.75, 3.05) is 5.73 Å². The van der Waals surface area contributed by atoms with Gasteiger partial charge in [0.25, 0.3) is 0 Å². The first-order valence-electron chi connectivity index (χ1n) is 4.15. The molecule has 0 aliphatic rings. The first-order valence-corrected chi connectivity index (χ1v) is 4.94. The van der Waals surface area contributed by atoms with Gasteiger partial charge in [0.05, 0.1) is 6.20 Å². The third-order valence-corrected chi connectivity index (χ3v) is 2.66. The van der Waals surface area contributed by atoms with Crippen LogP contribution in [0.5, 0.6) is 0 Å². The summed E-state index contributed by atoms with van der Waals surface area (Å²) in [7, 11) is 0. The van der Waals surface area contributed by atoms with Crippen molar-refractivity contribution in [3.05, 3.63) is 34.4 Å². The number of nitrogen functional groups attached to an aromatic ring is 1. The van der Waals surface area contributed by atoms with Gasteiger partial charge in [0.15, 0.2) is 5.76 Å². The maximum atomic E-state index is 5.71. The van der Waals surface area contributed by atoms with Gasteiger partial charge >= 0.3 is 0 Å². The average molecular weight is 253 g/mol. The first-order chi connectivity index (χ1) is 6.68. The quantitative estimate of drug-likeness (QED) is 0.849. The van der Waals surface area contributed by atoms with Crippen molar-refractivity contribution < 1.29 is 4.52 Å². The Morgan fingerprint density at radius 2 is 2.21 bits per heavy atom. The number of aromatic nitrogens is 1. The Balaban J connectivity index is 2.62. The van der Waals surface area contributed by atoms with Crippen LogP contribution in [0, 0.1) is 6.92 Å². The summed E-state index contributed by atoms with van der Waals surface area (Å²) >= 11 is 3.44. The summed E-state index contributed by atoms with van der Waals surface area (Å²) in [6.07, 6.45) is 1.50. The Bertz CT molecular complexity index is 465. The minimum absolute atomic E-state index is 0.552. The number of anilines is 1. The fraction of sp³-hybridized carbons (Fsp3) is 0.100. The Hall–Kier alpha value is -1.29. The van der Waals surface area contributed by atoms with Crippen molar-refractivity contribution in [2.24, 2.45) is 0 Å². The van der Waals surface area contributed by atoms with Crippen molar-refractivity contribution in [3.8, 4) is 11.3 Å². The number of rotatable bonds is 1. The Morgan fingerprint density at radius 1 is 1.43 bits per heavy atom. The molecule has 72 valence electrons. The number of halogens is 1. The predicted molar refractivity (Wildman–Crippen MR) is 58.8 cm³/mol. The second-order valence-corrected chi connectivity index (χ2v) is 3.95. The minimum atomic E-state index is 0.552. The number of benzene rings is 1. The van der Waals surface area contributed by atoms with E-state index in [1.807, 2.05) is 25.1 Å². The average Bonchev–Trinajstić information content (AvgIpc) is 2.56. The second kappa shape index (κ2) is 3.46. The minimum Gasteiger partial charge on any atom is -0.394 e. The number of hydrogen-bond donors (Lipinski definition) is 1. The Labute approximate surface area is 90.0 Å². The summed E-state index contributed by atoms with van der Waals surface area (Å²) in [4.78, 5) is 0. The van der Waals surface area contributed by atoms with Crippen LogP contribution in [0.4, 0.5) is 5.69 Å². The van der Waals surface area contributed by atoms with E-state index < -0.39 is 0 Å². The van der Waals surface area contributed by atoms with Crippen molar-refractivity contribution in [1.82, 2.24) is 5.16 Å². The Morgan fingerprint density at radius 3 is 2.86 bits per heavy atom. The van der Waals surface area contributed by atoms with Gasteiger partial charge in [-0.2, -0.15) is 0 Å². The molecule has 3 nitrogen and oxygen atoms in total. The molecule has 0 fully saturated rings. The molecule has 0 saturated heterocycles. The Kier molecular flexibility index (Phi) is 2.29. The molecule has 1 aromatic carbocycles. The number of nitrogens with zero attached hydrogens (tertiary/aromatic N) is 1. The van der Waals surface area contributed by atoms with E-state index in [0.717, 1.165) is 15.6 Å². The van der Waals surface area contributed by atoms with Crippen LogP contribution in [-0.2, 0) is 0 Å². The van der Waals surface area contributed by atoms with E-state index in [9.17, 15) is 0 Å². The highest BCUT2D eigenvalue weighted by atomic mass is 79.9. The molecule has 0 saturated carbocycles. The van der Waals surface area contributed by atoms with E-state index in [1.165, 1.54) is 6.20 Å². The van der Waals surface area contributed by atoms with E-state index in [4.69, 9.17) is 10.3 Å². The second-order valence-electron chi connectivity index (χ2n) is 3.09. The fourth-order valence-electron chi connectivity index (χ4n) is 1.26. The lowest BCUT2D eigenvalue weighted by atomic mass is 10.1. The van der Waals surface area contributed by atoms with Crippen LogP contribution in [0.25, 0.3) is 11.3 Å². The molecule has 2 rings (SSSR count). The van der Waals surface area contributed by atoms with Crippen molar-refractivity contribution >= 4 is 21.6 Å². The number of nitrogens with two attached hydrogens (primary N) is 1. The molecule has 0 unspecified atom stereocenters. The molecule has 0 radical (unpaired) electrons. The highest BCUT2D eigenvalue weighted by Crippen LogP contribution is 2.32. The van der Waals surface area contributed by atoms with E-state index in [0.29, 0.717) is 11.4 Å². The van der Waals surface area contributed by atoms with Crippen molar-refractivity contribution in [1.29, 1.82) is 0 Å². The summed E-state index contributed by atoms with van der Waals surface area (Å²) in [6, 6.07) is 5.98. The van der Waals surface area contributed by atoms with Gasteiger partial charge in [0.1, 0.15) is 5.69 Å². The monoisotopic (exact) mass is 252 g/mol. The van der Waals surface area contributed by atoms with Crippen LogP contribution < -0.4 is 5.73 Å². The normalized spacial score (nSPS) is 10.4. The molecular formula is C10H9BrN2O. The van der Waals surface area contributed by atoms with Gasteiger partial charge < -0.3 is 10.3 Å². The van der Waals surface area contributed by atoms with Gasteiger partial charge in [-0.1, -0.05) is 32.7 Å². The third kappa shape index (κ3) is 1.53. The molecule has 14 heavy (non-hydrogen) atoms. The van der Waals surface area contributed by atoms with Gasteiger partial charge in [-0.3, -0.25) is 0 Å². The highest BCUT2D eigenvalue weighted by molar-refractivity contribution is 9.10. The zero-order valence-corrected chi connectivity index (χ0v) is 9.21. The smallest absolute Gasteiger partial charge is 0.190 e. The van der Waals surface area contributed by atoms with Crippen LogP contribution in [0.15, 0.2) is 33.4 Å². The van der Waals surface area contributed by atoms with E-state index in [-0.39, 0.29) is 0 Å². The first kappa shape index (κ1) is 9.27. The zero-order chi connectivity index (χ0) is 10.1. The lowest BCUT2D eigenvalue weighted by molar-refractivity contribution is 0.432. The van der Waals surface area contributed by atoms with Gasteiger partial charge in [-0.15, -0.1) is 0 Å². The number of aryl methyl sites for hydroxylation is 1. The van der Waals surface area contributed by atoms with Gasteiger partial charge in [-0.05, 0) is 19.1 Å². The molecule has 0 aliphatic carbocycles. The molecule has 0 spiro atoms. The lowest BCUT2D eigenvalue weighted by Crippen LogP contribution is -1.86. The molecule has 0 aliphatic heterocycles. The standard InChI is InChI=1S/C10H9BrN2O/c1-6-2-3-8(11)7(4-6)10-9(12)5-13-14-10/h2-5H,12H2,1H3. The number of hydrogen-bond acceptors (Lipinski definition) is 3. The SMILES string of the molecule is Cc1ccc(Br)c(-c2oncc2N)c1. The molecular weight excluding hydrogens is 244 g/mol. The van der Waals surface area contributed by atoms with E-state index >= 15 is 0 Å². The van der Waals surface area contributed by atoms with Crippen LogP contribution in [0.2, 0.25) is 0 Å². The maximum absolute atomic E-state index is 5.71. The largest absolute Gasteiger partial charge is 0.394 e. The summed E-state index contributed by atoms with van der Waals surface area (Å²) in [5, 5.41) is 3.65. The van der Waals surface area contributed by atoms with Gasteiger partial charge in [0.2, 0.25) is 0 Å². The van der Waals surface area contributed by atoms with E-state index in [2.05, 4.69) is 21.1 Å². The van der Waals surface area contributed by atoms with Gasteiger partial charge in [-0.25, -0.2) is 0 Å². The van der Waals surface area contributed by atoms with Crippen LogP contribution in [-0.4, -0.2) is 5.16 Å². The van der Waals surface area contributed by atoms with Crippen LogP contribution >= 0.6 is 15.9 Å². The summed E-state index contributed by atoms with van der Waals surface area (Å²) in [5.74, 6) is 0.612. The summed E-state index contributed by atoms with van der Waals surface area (Å²) in [5.41, 5.74) is 8.35. The zero-order valence-electron chi connectivity index (χ0n) is 7.62. The van der Waals surface area contributed by atoms with Gasteiger partial charge in [0, 0.05) is 10.0 Å². The summed E-state index contributed by atoms with van der Waals surface area (Å²) in [6.45, 7) is 2.02. The van der Waals surface area contributed by atoms with Crippen molar-refractivity contribution in [2.45, 2.75) is 6.92 Å². The van der Waals surface area contributed by atoms with Crippen LogP contribution in [0.3, 0.4) is 0 Å². The molecule has 1 heterocycles. The fourth-order valence-corrected chi connectivity index (χ4v) is 1.69. The molecule has 1 aromatic heterocycles. The predicted octanol–water partition coefficient (Wildman–Crippen LogP) is 2.99. The summed E-state index contributed by atoms with van der Waals surface area (Å²) < 4.78 is 6.03. The van der Waals surface area contributed by atoms with Crippen molar-refractivity contribution in [3.63, 3.8) is 0 Å². The topological polar surface area (TPSA) is 52.0 Å². The molecule has 0 bridgehead atoms. The molecule has 0 atom stereocenters.